The first kappa shape index (κ1) is 15.7. The molecule has 120 valence electrons. The van der Waals surface area contributed by atoms with Crippen LogP contribution in [0.5, 0.6) is 0 Å². The maximum atomic E-state index is 6.09. The van der Waals surface area contributed by atoms with E-state index in [2.05, 4.69) is 20.6 Å². The molecule has 1 aromatic carbocycles. The van der Waals surface area contributed by atoms with Crippen LogP contribution in [0.2, 0.25) is 9.36 Å². The van der Waals surface area contributed by atoms with E-state index in [9.17, 15) is 0 Å². The summed E-state index contributed by atoms with van der Waals surface area (Å²) in [6.07, 6.45) is 2.23. The number of fused-ring (bicyclic) bond motifs is 1. The molecule has 0 unspecified atom stereocenters. The van der Waals surface area contributed by atoms with Crippen LogP contribution in [0.4, 0.5) is 0 Å². The number of benzene rings is 1. The number of nitrogens with zero attached hydrogens (tertiary/aromatic N) is 4. The second-order valence-corrected chi connectivity index (χ2v) is 8.56. The molecule has 0 aliphatic carbocycles. The summed E-state index contributed by atoms with van der Waals surface area (Å²) >= 11 is 15.2. The van der Waals surface area contributed by atoms with E-state index in [1.807, 2.05) is 12.1 Å². The Morgan fingerprint density at radius 2 is 2.04 bits per heavy atom. The largest absolute Gasteiger partial charge is 0.297 e. The van der Waals surface area contributed by atoms with Gasteiger partial charge in [-0.1, -0.05) is 27.7 Å². The second-order valence-electron chi connectivity index (χ2n) is 5.71. The molecular weight excluding hydrogens is 371 g/mol. The van der Waals surface area contributed by atoms with Gasteiger partial charge in [0.25, 0.3) is 0 Å². The Hall–Kier alpha value is -0.790. The highest BCUT2D eigenvalue weighted by Crippen LogP contribution is 2.35. The van der Waals surface area contributed by atoms with Crippen LogP contribution in [0.25, 0.3) is 10.2 Å². The molecule has 8 heteroatoms. The fraction of sp³-hybridized carbons (Fsp3) is 0.400. The van der Waals surface area contributed by atoms with Crippen molar-refractivity contribution in [2.45, 2.75) is 25.3 Å². The summed E-state index contributed by atoms with van der Waals surface area (Å²) < 4.78 is 5.81. The number of thiazole rings is 1. The van der Waals surface area contributed by atoms with E-state index in [-0.39, 0.29) is 0 Å². The molecule has 0 atom stereocenters. The average Bonchev–Trinajstić information content (AvgIpc) is 3.14. The summed E-state index contributed by atoms with van der Waals surface area (Å²) in [6, 6.07) is 5.94. The Morgan fingerprint density at radius 3 is 2.78 bits per heavy atom. The van der Waals surface area contributed by atoms with Gasteiger partial charge in [0.15, 0.2) is 0 Å². The van der Waals surface area contributed by atoms with Crippen LogP contribution in [-0.2, 0) is 6.54 Å². The van der Waals surface area contributed by atoms with Crippen molar-refractivity contribution in [2.75, 3.05) is 13.1 Å². The van der Waals surface area contributed by atoms with Gasteiger partial charge in [-0.2, -0.15) is 0 Å². The third-order valence-corrected chi connectivity index (χ3v) is 6.60. The van der Waals surface area contributed by atoms with Crippen molar-refractivity contribution in [3.05, 3.63) is 38.3 Å². The molecule has 23 heavy (non-hydrogen) atoms. The molecule has 0 amide bonds. The van der Waals surface area contributed by atoms with Crippen LogP contribution in [0.3, 0.4) is 0 Å². The summed E-state index contributed by atoms with van der Waals surface area (Å²) in [5.74, 6) is 0.534. The summed E-state index contributed by atoms with van der Waals surface area (Å²) in [4.78, 5) is 7.18. The highest BCUT2D eigenvalue weighted by Gasteiger charge is 2.24. The minimum atomic E-state index is 0.534. The van der Waals surface area contributed by atoms with Gasteiger partial charge in [-0.3, -0.25) is 4.90 Å². The minimum absolute atomic E-state index is 0.534. The normalized spacial score (nSPS) is 17.1. The number of hydrogen-bond donors (Lipinski definition) is 0. The molecule has 0 bridgehead atoms. The predicted octanol–water partition coefficient (Wildman–Crippen LogP) is 4.83. The van der Waals surface area contributed by atoms with Gasteiger partial charge in [0.2, 0.25) is 0 Å². The van der Waals surface area contributed by atoms with Gasteiger partial charge in [0, 0.05) is 29.0 Å². The van der Waals surface area contributed by atoms with Crippen LogP contribution < -0.4 is 0 Å². The molecule has 3 heterocycles. The lowest BCUT2D eigenvalue weighted by Crippen LogP contribution is -2.32. The van der Waals surface area contributed by atoms with E-state index in [0.29, 0.717) is 10.3 Å². The summed E-state index contributed by atoms with van der Waals surface area (Å²) in [5, 5.41) is 6.08. The Bertz CT molecular complexity index is 824. The highest BCUT2D eigenvalue weighted by atomic mass is 35.5. The van der Waals surface area contributed by atoms with Gasteiger partial charge in [-0.25, -0.2) is 4.98 Å². The van der Waals surface area contributed by atoms with Crippen LogP contribution in [0, 0.1) is 0 Å². The standard InChI is InChI=1S/C15H14Cl2N4S2/c16-10-1-2-13-11(7-10)18-15(22-13)9-3-5-21(6-4-9)8-12-14(17)23-20-19-12/h1-2,7,9H,3-6,8H2. The lowest BCUT2D eigenvalue weighted by molar-refractivity contribution is 0.202. The Balaban J connectivity index is 1.43. The maximum absolute atomic E-state index is 6.09. The van der Waals surface area contributed by atoms with Crippen molar-refractivity contribution in [3.8, 4) is 0 Å². The van der Waals surface area contributed by atoms with E-state index < -0.39 is 0 Å². The van der Waals surface area contributed by atoms with E-state index in [1.54, 1.807) is 11.3 Å². The molecule has 0 spiro atoms. The Morgan fingerprint density at radius 1 is 1.22 bits per heavy atom. The molecule has 0 saturated carbocycles. The SMILES string of the molecule is Clc1ccc2sc(C3CCN(Cc4nnsc4Cl)CC3)nc2c1. The first-order valence-corrected chi connectivity index (χ1v) is 9.78. The summed E-state index contributed by atoms with van der Waals surface area (Å²) in [5.41, 5.74) is 1.91. The molecule has 1 aliphatic rings. The number of aromatic nitrogens is 3. The van der Waals surface area contributed by atoms with Crippen molar-refractivity contribution in [1.82, 2.24) is 19.5 Å². The third kappa shape index (κ3) is 3.37. The Kier molecular flexibility index (Phi) is 4.52. The number of hydrogen-bond acceptors (Lipinski definition) is 6. The second kappa shape index (κ2) is 6.61. The van der Waals surface area contributed by atoms with Crippen LogP contribution in [-0.4, -0.2) is 32.6 Å². The summed E-state index contributed by atoms with van der Waals surface area (Å²) in [6.45, 7) is 2.86. The van der Waals surface area contributed by atoms with Crippen LogP contribution in [0.1, 0.15) is 29.5 Å². The molecule has 1 aliphatic heterocycles. The zero-order valence-electron chi connectivity index (χ0n) is 12.2. The monoisotopic (exact) mass is 384 g/mol. The van der Waals surface area contributed by atoms with Gasteiger partial charge in [0.1, 0.15) is 10.0 Å². The molecule has 3 aromatic rings. The van der Waals surface area contributed by atoms with E-state index in [0.717, 1.165) is 48.7 Å². The molecule has 4 nitrogen and oxygen atoms in total. The van der Waals surface area contributed by atoms with Crippen LogP contribution in [0.15, 0.2) is 18.2 Å². The zero-order valence-corrected chi connectivity index (χ0v) is 15.4. The van der Waals surface area contributed by atoms with E-state index >= 15 is 0 Å². The fourth-order valence-corrected chi connectivity index (χ4v) is 4.83. The predicted molar refractivity (Wildman–Crippen MR) is 96.8 cm³/mol. The number of halogens is 2. The Labute approximate surface area is 152 Å². The fourth-order valence-electron chi connectivity index (χ4n) is 2.93. The van der Waals surface area contributed by atoms with E-state index in [4.69, 9.17) is 28.2 Å². The van der Waals surface area contributed by atoms with Gasteiger partial charge < -0.3 is 0 Å². The molecule has 1 saturated heterocycles. The number of likely N-dealkylation sites (tertiary alicyclic amines) is 1. The quantitative estimate of drug-likeness (QED) is 0.647. The van der Waals surface area contributed by atoms with Crippen molar-refractivity contribution < 1.29 is 0 Å². The smallest absolute Gasteiger partial charge is 0.138 e. The molecule has 0 N–H and O–H groups in total. The van der Waals surface area contributed by atoms with Gasteiger partial charge in [-0.05, 0) is 44.1 Å². The van der Waals surface area contributed by atoms with Gasteiger partial charge >= 0.3 is 0 Å². The number of piperidine rings is 1. The van der Waals surface area contributed by atoms with Gasteiger partial charge in [-0.15, -0.1) is 16.4 Å². The van der Waals surface area contributed by atoms with E-state index in [1.165, 1.54) is 21.2 Å². The summed E-state index contributed by atoms with van der Waals surface area (Å²) in [7, 11) is 0. The lowest BCUT2D eigenvalue weighted by atomic mass is 9.97. The molecule has 0 radical (unpaired) electrons. The van der Waals surface area contributed by atoms with Crippen molar-refractivity contribution in [1.29, 1.82) is 0 Å². The van der Waals surface area contributed by atoms with Gasteiger partial charge in [0.05, 0.1) is 15.2 Å². The van der Waals surface area contributed by atoms with Crippen molar-refractivity contribution >= 4 is 56.3 Å². The number of rotatable bonds is 3. The molecular formula is C15H14Cl2N4S2. The lowest BCUT2D eigenvalue weighted by Gasteiger charge is -2.30. The topological polar surface area (TPSA) is 41.9 Å². The van der Waals surface area contributed by atoms with Crippen LogP contribution >= 0.6 is 46.1 Å². The molecule has 1 fully saturated rings. The first-order valence-electron chi connectivity index (χ1n) is 7.44. The average molecular weight is 385 g/mol. The van der Waals surface area contributed by atoms with Crippen molar-refractivity contribution in [3.63, 3.8) is 0 Å². The highest BCUT2D eigenvalue weighted by molar-refractivity contribution is 7.18. The first-order chi connectivity index (χ1) is 11.2. The third-order valence-electron chi connectivity index (χ3n) is 4.19. The van der Waals surface area contributed by atoms with Crippen molar-refractivity contribution in [2.24, 2.45) is 0 Å². The zero-order chi connectivity index (χ0) is 15.8. The molecule has 4 rings (SSSR count). The minimum Gasteiger partial charge on any atom is -0.297 e. The maximum Gasteiger partial charge on any atom is 0.138 e. The molecule has 2 aromatic heterocycles.